The standard InChI is InChI=1S/C25H28N4O5.2H2/c1-14-18(17-7-9-21(30)27-23(17)31)12-16-6-5-15(11-19(16)26-14)13-33-24(32)28-22-10-8-20(29-34-22)25(2,3)4;;/h5-6,10-12,17H,7-9,13H2,1-4H3,(H,28,32)(H,27,30,31);2*1H. The molecule has 1 aromatic carbocycles. The third-order valence-corrected chi connectivity index (χ3v) is 5.92. The number of nitrogens with zero attached hydrogens (tertiary/aromatic N) is 2. The van der Waals surface area contributed by atoms with E-state index in [2.05, 4.69) is 20.8 Å². The van der Waals surface area contributed by atoms with Crippen LogP contribution in [0.1, 0.15) is 65.6 Å². The Morgan fingerprint density at radius 2 is 2.09 bits per heavy atom. The highest BCUT2D eigenvalue weighted by atomic mass is 16.6. The van der Waals surface area contributed by atoms with Gasteiger partial charge in [-0.05, 0) is 42.7 Å². The molecule has 1 aromatic heterocycles. The predicted octanol–water partition coefficient (Wildman–Crippen LogP) is 4.45. The van der Waals surface area contributed by atoms with Crippen molar-refractivity contribution in [3.05, 3.63) is 53.0 Å². The molecule has 0 bridgehead atoms. The maximum absolute atomic E-state index is 12.3. The molecule has 2 N–H and O–H groups in total. The number of benzene rings is 1. The fraction of sp³-hybridized carbons (Fsp3) is 0.400. The van der Waals surface area contributed by atoms with Crippen LogP contribution < -0.4 is 10.6 Å². The van der Waals surface area contributed by atoms with Gasteiger partial charge in [-0.1, -0.05) is 38.1 Å². The van der Waals surface area contributed by atoms with Crippen molar-refractivity contribution in [3.63, 3.8) is 0 Å². The molecule has 0 radical (unpaired) electrons. The quantitative estimate of drug-likeness (QED) is 0.640. The van der Waals surface area contributed by atoms with Crippen molar-refractivity contribution in [2.24, 2.45) is 10.6 Å². The van der Waals surface area contributed by atoms with Crippen molar-refractivity contribution in [2.45, 2.75) is 59.5 Å². The first kappa shape index (κ1) is 23.4. The maximum Gasteiger partial charge on any atom is 0.414 e. The van der Waals surface area contributed by atoms with Crippen LogP contribution in [0, 0.1) is 12.3 Å². The zero-order valence-corrected chi connectivity index (χ0v) is 19.7. The van der Waals surface area contributed by atoms with E-state index in [0.717, 1.165) is 33.4 Å². The first-order valence-corrected chi connectivity index (χ1v) is 11.2. The van der Waals surface area contributed by atoms with Crippen molar-refractivity contribution >= 4 is 34.5 Å². The Labute approximate surface area is 200 Å². The third-order valence-electron chi connectivity index (χ3n) is 5.92. The van der Waals surface area contributed by atoms with Crippen LogP contribution in [0.3, 0.4) is 0 Å². The number of aryl methyl sites for hydroxylation is 1. The smallest absolute Gasteiger partial charge is 0.414 e. The number of alkyl carbamates (subject to hydrolysis) is 1. The molecular formula is C25H32N4O5. The second kappa shape index (κ2) is 9.24. The zero-order chi connectivity index (χ0) is 24.5. The highest BCUT2D eigenvalue weighted by Gasteiger charge is 2.29. The molecule has 0 spiro atoms. The third kappa shape index (κ3) is 5.24. The maximum atomic E-state index is 12.3. The summed E-state index contributed by atoms with van der Waals surface area (Å²) in [6.07, 6.45) is 2.51. The molecule has 3 heterocycles. The van der Waals surface area contributed by atoms with Crippen molar-refractivity contribution in [1.29, 1.82) is 0 Å². The highest BCUT2D eigenvalue weighted by molar-refractivity contribution is 6.01. The Morgan fingerprint density at radius 3 is 2.76 bits per heavy atom. The van der Waals surface area contributed by atoms with Gasteiger partial charge in [-0.3, -0.25) is 25.2 Å². The number of hydrogen-bond donors (Lipinski definition) is 2. The number of pyridine rings is 1. The summed E-state index contributed by atoms with van der Waals surface area (Å²) in [5.41, 5.74) is 3.85. The molecule has 3 amide bonds. The second-order valence-electron chi connectivity index (χ2n) is 9.55. The second-order valence-corrected chi connectivity index (χ2v) is 9.55. The first-order chi connectivity index (χ1) is 16.1. The van der Waals surface area contributed by atoms with Gasteiger partial charge in [-0.2, -0.15) is 0 Å². The van der Waals surface area contributed by atoms with E-state index < -0.39 is 6.09 Å². The number of amides is 3. The molecule has 0 aliphatic carbocycles. The van der Waals surface area contributed by atoms with Gasteiger partial charge < -0.3 is 9.57 Å². The fourth-order valence-corrected chi connectivity index (χ4v) is 3.93. The minimum atomic E-state index is -0.641. The van der Waals surface area contributed by atoms with E-state index in [1.807, 2.05) is 52.0 Å². The van der Waals surface area contributed by atoms with Crippen LogP contribution >= 0.6 is 0 Å². The number of piperidine rings is 1. The molecule has 4 rings (SSSR count). The number of aromatic nitrogens is 1. The summed E-state index contributed by atoms with van der Waals surface area (Å²) in [5.74, 6) is -0.667. The summed E-state index contributed by atoms with van der Waals surface area (Å²) < 4.78 is 5.32. The van der Waals surface area contributed by atoms with Gasteiger partial charge in [0.25, 0.3) is 0 Å². The summed E-state index contributed by atoms with van der Waals surface area (Å²) in [5, 5.41) is 9.89. The number of allylic oxidation sites excluding steroid dienone is 1. The number of carbonyl (C=O) groups is 3. The van der Waals surface area contributed by atoms with Gasteiger partial charge in [0.1, 0.15) is 6.61 Å². The van der Waals surface area contributed by atoms with Gasteiger partial charge in [0.15, 0.2) is 0 Å². The number of fused-ring (bicyclic) bond motifs is 1. The lowest BCUT2D eigenvalue weighted by molar-refractivity contribution is -0.134. The summed E-state index contributed by atoms with van der Waals surface area (Å²) in [6, 6.07) is 7.51. The number of nitrogens with one attached hydrogen (secondary N) is 2. The molecule has 1 unspecified atom stereocenters. The Bertz CT molecular complexity index is 1240. The van der Waals surface area contributed by atoms with Crippen LogP contribution in [0.5, 0.6) is 0 Å². The van der Waals surface area contributed by atoms with E-state index >= 15 is 0 Å². The first-order valence-electron chi connectivity index (χ1n) is 11.2. The zero-order valence-electron chi connectivity index (χ0n) is 19.7. The molecule has 1 atom stereocenters. The summed E-state index contributed by atoms with van der Waals surface area (Å²) in [4.78, 5) is 45.8. The van der Waals surface area contributed by atoms with Gasteiger partial charge >= 0.3 is 6.09 Å². The minimum Gasteiger partial charge on any atom is -0.444 e. The lowest BCUT2D eigenvalue weighted by Crippen LogP contribution is -2.39. The molecule has 182 valence electrons. The van der Waals surface area contributed by atoms with E-state index in [9.17, 15) is 14.4 Å². The fourth-order valence-electron chi connectivity index (χ4n) is 3.93. The summed E-state index contributed by atoms with van der Waals surface area (Å²) in [6.45, 7) is 8.05. The van der Waals surface area contributed by atoms with Crippen LogP contribution in [0.25, 0.3) is 10.9 Å². The number of hydrogen-bond acceptors (Lipinski definition) is 7. The molecule has 0 saturated carbocycles. The average Bonchev–Trinajstić information content (AvgIpc) is 2.77. The van der Waals surface area contributed by atoms with E-state index in [4.69, 9.17) is 9.57 Å². The molecule has 1 saturated heterocycles. The Balaban J connectivity index is 0.00000228. The lowest BCUT2D eigenvalue weighted by Gasteiger charge is -2.23. The van der Waals surface area contributed by atoms with E-state index in [1.165, 1.54) is 0 Å². The molecule has 2 aliphatic heterocycles. The molecular weight excluding hydrogens is 436 g/mol. The average molecular weight is 469 g/mol. The predicted molar refractivity (Wildman–Crippen MR) is 130 cm³/mol. The van der Waals surface area contributed by atoms with Crippen molar-refractivity contribution < 1.29 is 26.8 Å². The van der Waals surface area contributed by atoms with Crippen molar-refractivity contribution in [3.8, 4) is 0 Å². The number of carbonyl (C=O) groups excluding carboxylic acids is 3. The largest absolute Gasteiger partial charge is 0.444 e. The van der Waals surface area contributed by atoms with Gasteiger partial charge in [-0.15, -0.1) is 0 Å². The molecule has 1 fully saturated rings. The van der Waals surface area contributed by atoms with E-state index in [0.29, 0.717) is 19.3 Å². The summed E-state index contributed by atoms with van der Waals surface area (Å²) >= 11 is 0. The monoisotopic (exact) mass is 468 g/mol. The van der Waals surface area contributed by atoms with Crippen LogP contribution in [0.2, 0.25) is 0 Å². The van der Waals surface area contributed by atoms with E-state index in [1.54, 1.807) is 6.08 Å². The number of rotatable bonds is 4. The Hall–Kier alpha value is -3.75. The minimum absolute atomic E-state index is 0. The SMILES string of the molecule is Cc1nc2cc(COC(=O)NC3=CCC(C(C)(C)C)=NO3)ccc2cc1C1CCC(=O)NC1=O.[HH].[HH]. The van der Waals surface area contributed by atoms with Crippen LogP contribution in [-0.4, -0.2) is 28.6 Å². The number of oxime groups is 1. The van der Waals surface area contributed by atoms with Crippen molar-refractivity contribution in [2.75, 3.05) is 0 Å². The molecule has 2 aliphatic rings. The molecule has 9 heteroatoms. The number of ether oxygens (including phenoxy) is 1. The summed E-state index contributed by atoms with van der Waals surface area (Å²) in [7, 11) is 0. The van der Waals surface area contributed by atoms with Crippen LogP contribution in [0.4, 0.5) is 4.79 Å². The van der Waals surface area contributed by atoms with Gasteiger partial charge in [-0.25, -0.2) is 4.79 Å². The van der Waals surface area contributed by atoms with Gasteiger partial charge in [0.2, 0.25) is 17.7 Å². The number of imide groups is 1. The van der Waals surface area contributed by atoms with Gasteiger partial charge in [0.05, 0.1) is 17.1 Å². The Kier molecular flexibility index (Phi) is 6.37. The van der Waals surface area contributed by atoms with Gasteiger partial charge in [0, 0.05) is 32.2 Å². The van der Waals surface area contributed by atoms with Crippen LogP contribution in [0.15, 0.2) is 41.4 Å². The van der Waals surface area contributed by atoms with Crippen molar-refractivity contribution in [1.82, 2.24) is 15.6 Å². The molecule has 2 aromatic rings. The Morgan fingerprint density at radius 1 is 1.29 bits per heavy atom. The topological polar surface area (TPSA) is 119 Å². The van der Waals surface area contributed by atoms with Crippen LogP contribution in [-0.2, 0) is 25.8 Å². The van der Waals surface area contributed by atoms with E-state index in [-0.39, 0.29) is 38.5 Å². The normalized spacial score (nSPS) is 18.5. The highest BCUT2D eigenvalue weighted by Crippen LogP contribution is 2.29. The lowest BCUT2D eigenvalue weighted by atomic mass is 9.88. The molecule has 34 heavy (non-hydrogen) atoms. The molecule has 9 nitrogen and oxygen atoms in total.